The van der Waals surface area contributed by atoms with Gasteiger partial charge in [-0.25, -0.2) is 9.59 Å². The maximum Gasteiger partial charge on any atom is 0.407 e. The number of carbonyl (C=O) groups is 3. The minimum Gasteiger partial charge on any atom is -0.480 e. The van der Waals surface area contributed by atoms with Gasteiger partial charge in [0.05, 0.1) is 6.10 Å². The van der Waals surface area contributed by atoms with E-state index < -0.39 is 24.2 Å². The molecule has 2 amide bonds. The minimum atomic E-state index is -1.10. The third kappa shape index (κ3) is 4.14. The Bertz CT molecular complexity index is 1070. The lowest BCUT2D eigenvalue weighted by Crippen LogP contribution is -2.43. The zero-order valence-electron chi connectivity index (χ0n) is 18.7. The Balaban J connectivity index is 1.16. The Morgan fingerprint density at radius 2 is 1.62 bits per heavy atom. The summed E-state index contributed by atoms with van der Waals surface area (Å²) in [6.07, 6.45) is 0.332. The van der Waals surface area contributed by atoms with E-state index >= 15 is 0 Å². The summed E-state index contributed by atoms with van der Waals surface area (Å²) in [4.78, 5) is 38.2. The van der Waals surface area contributed by atoms with Crippen molar-refractivity contribution in [3.63, 3.8) is 0 Å². The molecule has 1 heterocycles. The summed E-state index contributed by atoms with van der Waals surface area (Å²) in [5.41, 5.74) is 4.61. The van der Waals surface area contributed by atoms with E-state index in [2.05, 4.69) is 29.6 Å². The Hall–Kier alpha value is -3.39. The molecule has 2 aromatic carbocycles. The van der Waals surface area contributed by atoms with Crippen molar-refractivity contribution in [1.29, 1.82) is 0 Å². The molecular weight excluding hydrogens is 436 g/mol. The molecule has 0 bridgehead atoms. The number of amides is 2. The largest absolute Gasteiger partial charge is 0.480 e. The molecular formula is C26H28N2O6. The monoisotopic (exact) mass is 464 g/mol. The number of nitrogens with zero attached hydrogens (tertiary/aromatic N) is 1. The fourth-order valence-corrected chi connectivity index (χ4v) is 5.67. The molecule has 8 nitrogen and oxygen atoms in total. The van der Waals surface area contributed by atoms with Gasteiger partial charge in [-0.1, -0.05) is 48.5 Å². The molecule has 1 aliphatic heterocycles. The first kappa shape index (κ1) is 22.4. The van der Waals surface area contributed by atoms with E-state index in [1.165, 1.54) is 4.90 Å². The Morgan fingerprint density at radius 1 is 0.971 bits per heavy atom. The lowest BCUT2D eigenvalue weighted by Gasteiger charge is -2.24. The molecule has 8 heteroatoms. The van der Waals surface area contributed by atoms with Gasteiger partial charge in [0.25, 0.3) is 0 Å². The Morgan fingerprint density at radius 3 is 2.26 bits per heavy atom. The topological polar surface area (TPSA) is 116 Å². The van der Waals surface area contributed by atoms with Crippen molar-refractivity contribution in [3.8, 4) is 11.1 Å². The molecule has 0 unspecified atom stereocenters. The van der Waals surface area contributed by atoms with Gasteiger partial charge in [-0.05, 0) is 41.5 Å². The van der Waals surface area contributed by atoms with Crippen LogP contribution < -0.4 is 5.32 Å². The van der Waals surface area contributed by atoms with Crippen molar-refractivity contribution in [2.45, 2.75) is 49.8 Å². The summed E-state index contributed by atoms with van der Waals surface area (Å²) < 4.78 is 5.60. The number of alkyl carbamates (subject to hydrolysis) is 1. The lowest BCUT2D eigenvalue weighted by atomic mass is 9.98. The van der Waals surface area contributed by atoms with Gasteiger partial charge in [0.15, 0.2) is 0 Å². The number of carboxylic acid groups (broad SMARTS) is 1. The van der Waals surface area contributed by atoms with Gasteiger partial charge in [-0.2, -0.15) is 0 Å². The molecule has 2 fully saturated rings. The second-order valence-electron chi connectivity index (χ2n) is 9.41. The number of fused-ring (bicyclic) bond motifs is 3. The van der Waals surface area contributed by atoms with Crippen LogP contribution in [0.3, 0.4) is 0 Å². The van der Waals surface area contributed by atoms with E-state index in [-0.39, 0.29) is 43.4 Å². The predicted octanol–water partition coefficient (Wildman–Crippen LogP) is 2.74. The third-order valence-corrected chi connectivity index (χ3v) is 7.29. The zero-order valence-corrected chi connectivity index (χ0v) is 18.7. The van der Waals surface area contributed by atoms with E-state index in [1.54, 1.807) is 0 Å². The predicted molar refractivity (Wildman–Crippen MR) is 123 cm³/mol. The molecule has 0 radical (unpaired) electrons. The van der Waals surface area contributed by atoms with Gasteiger partial charge >= 0.3 is 12.1 Å². The van der Waals surface area contributed by atoms with Crippen molar-refractivity contribution < 1.29 is 29.3 Å². The molecule has 1 saturated carbocycles. The highest BCUT2D eigenvalue weighted by Crippen LogP contribution is 2.44. The average molecular weight is 465 g/mol. The molecule has 3 aliphatic rings. The van der Waals surface area contributed by atoms with Crippen molar-refractivity contribution in [2.24, 2.45) is 5.92 Å². The van der Waals surface area contributed by atoms with Gasteiger partial charge in [0.1, 0.15) is 12.6 Å². The SMILES string of the molecule is O=C(N[C@@H]1CC[C@H](C(=O)N2C[C@@H](O)C[C@H]2C(=O)O)C1)OCC1c2ccccc2-c2ccccc21. The first-order valence-corrected chi connectivity index (χ1v) is 11.7. The maximum absolute atomic E-state index is 12.9. The molecule has 5 rings (SSSR count). The van der Waals surface area contributed by atoms with E-state index in [0.29, 0.717) is 19.3 Å². The van der Waals surface area contributed by atoms with Gasteiger partial charge < -0.3 is 25.2 Å². The smallest absolute Gasteiger partial charge is 0.407 e. The van der Waals surface area contributed by atoms with E-state index in [1.807, 2.05) is 24.3 Å². The molecule has 2 aliphatic carbocycles. The van der Waals surface area contributed by atoms with Gasteiger partial charge in [-0.15, -0.1) is 0 Å². The number of aliphatic carboxylic acids is 1. The summed E-state index contributed by atoms with van der Waals surface area (Å²) >= 11 is 0. The van der Waals surface area contributed by atoms with Gasteiger partial charge in [0.2, 0.25) is 5.91 Å². The number of β-amino-alcohol motifs (C(OH)–C–C–N with tert-alkyl or cyclic N) is 1. The number of ether oxygens (including phenoxy) is 1. The number of aliphatic hydroxyl groups excluding tert-OH is 1. The van der Waals surface area contributed by atoms with Crippen LogP contribution in [0.25, 0.3) is 11.1 Å². The quantitative estimate of drug-likeness (QED) is 0.627. The average Bonchev–Trinajstić information content (AvgIpc) is 3.53. The van der Waals surface area contributed by atoms with Crippen molar-refractivity contribution in [1.82, 2.24) is 10.2 Å². The summed E-state index contributed by atoms with van der Waals surface area (Å²) in [6, 6.07) is 15.1. The van der Waals surface area contributed by atoms with E-state index in [0.717, 1.165) is 22.3 Å². The van der Waals surface area contributed by atoms with Crippen molar-refractivity contribution >= 4 is 18.0 Å². The molecule has 2 aromatic rings. The molecule has 1 saturated heterocycles. The van der Waals surface area contributed by atoms with Crippen molar-refractivity contribution in [3.05, 3.63) is 59.7 Å². The normalized spacial score (nSPS) is 25.6. The van der Waals surface area contributed by atoms with E-state index in [4.69, 9.17) is 4.74 Å². The van der Waals surface area contributed by atoms with Gasteiger partial charge in [-0.3, -0.25) is 4.79 Å². The van der Waals surface area contributed by atoms with Crippen LogP contribution >= 0.6 is 0 Å². The minimum absolute atomic E-state index is 0.0226. The van der Waals surface area contributed by atoms with Crippen LogP contribution in [-0.4, -0.2) is 64.4 Å². The summed E-state index contributed by atoms with van der Waals surface area (Å²) in [6.45, 7) is 0.262. The first-order chi connectivity index (χ1) is 16.4. The van der Waals surface area contributed by atoms with Crippen molar-refractivity contribution in [2.75, 3.05) is 13.2 Å². The Kier molecular flexibility index (Phi) is 6.00. The zero-order chi connectivity index (χ0) is 23.8. The second kappa shape index (κ2) is 9.10. The van der Waals surface area contributed by atoms with Crippen LogP contribution in [0.1, 0.15) is 42.7 Å². The standard InChI is InChI=1S/C26H28N2O6/c29-17-12-23(25(31)32)28(13-17)24(30)15-9-10-16(11-15)27-26(33)34-14-22-20-7-3-1-5-18(20)19-6-2-4-8-21(19)22/h1-8,15-17,22-23,29H,9-14H2,(H,27,33)(H,31,32)/t15-,16+,17-,23-/m0/s1. The molecule has 34 heavy (non-hydrogen) atoms. The fraction of sp³-hybridized carbons (Fsp3) is 0.423. The maximum atomic E-state index is 12.9. The van der Waals surface area contributed by atoms with Crippen LogP contribution in [0.2, 0.25) is 0 Å². The van der Waals surface area contributed by atoms with Crippen LogP contribution in [-0.2, 0) is 14.3 Å². The first-order valence-electron chi connectivity index (χ1n) is 11.7. The summed E-state index contributed by atoms with van der Waals surface area (Å²) in [5.74, 6) is -1.76. The fourth-order valence-electron chi connectivity index (χ4n) is 5.67. The Labute approximate surface area is 197 Å². The number of nitrogens with one attached hydrogen (secondary N) is 1. The number of hydrogen-bond acceptors (Lipinski definition) is 5. The lowest BCUT2D eigenvalue weighted by molar-refractivity contribution is -0.149. The van der Waals surface area contributed by atoms with Crippen LogP contribution in [0.4, 0.5) is 4.79 Å². The second-order valence-corrected chi connectivity index (χ2v) is 9.41. The summed E-state index contributed by atoms with van der Waals surface area (Å²) in [7, 11) is 0. The number of benzene rings is 2. The number of aliphatic hydroxyl groups is 1. The van der Waals surface area contributed by atoms with Crippen LogP contribution in [0.15, 0.2) is 48.5 Å². The molecule has 0 spiro atoms. The highest BCUT2D eigenvalue weighted by Gasteiger charge is 2.43. The number of likely N-dealkylation sites (tertiary alicyclic amines) is 1. The highest BCUT2D eigenvalue weighted by atomic mass is 16.5. The number of rotatable bonds is 5. The third-order valence-electron chi connectivity index (χ3n) is 7.29. The number of carbonyl (C=O) groups excluding carboxylic acids is 2. The summed E-state index contributed by atoms with van der Waals surface area (Å²) in [5, 5.41) is 22.1. The van der Waals surface area contributed by atoms with Gasteiger partial charge in [0, 0.05) is 30.8 Å². The molecule has 178 valence electrons. The highest BCUT2D eigenvalue weighted by molar-refractivity contribution is 5.86. The molecule has 0 aromatic heterocycles. The number of carboxylic acids is 1. The van der Waals surface area contributed by atoms with E-state index in [9.17, 15) is 24.6 Å². The van der Waals surface area contributed by atoms with Crippen LogP contribution in [0, 0.1) is 5.92 Å². The van der Waals surface area contributed by atoms with Crippen LogP contribution in [0.5, 0.6) is 0 Å². The molecule has 4 atom stereocenters. The number of hydrogen-bond donors (Lipinski definition) is 3. The molecule has 3 N–H and O–H groups in total.